The Hall–Kier alpha value is -2.42. The van der Waals surface area contributed by atoms with E-state index in [9.17, 15) is 4.79 Å². The van der Waals surface area contributed by atoms with Gasteiger partial charge >= 0.3 is 0 Å². The second-order valence-electron chi connectivity index (χ2n) is 4.26. The minimum absolute atomic E-state index is 0.702. The third-order valence-corrected chi connectivity index (χ3v) is 3.24. The molecule has 0 atom stereocenters. The lowest BCUT2D eigenvalue weighted by atomic mass is 9.97. The summed E-state index contributed by atoms with van der Waals surface area (Å²) in [6.07, 6.45) is 6.22. The maximum absolute atomic E-state index is 11.0. The minimum atomic E-state index is 0.702. The zero-order chi connectivity index (χ0) is 12.5. The van der Waals surface area contributed by atoms with E-state index >= 15 is 0 Å². The fourth-order valence-electron chi connectivity index (χ4n) is 2.36. The van der Waals surface area contributed by atoms with Gasteiger partial charge < -0.3 is 4.98 Å². The molecule has 0 radical (unpaired) electrons. The van der Waals surface area contributed by atoms with Crippen LogP contribution >= 0.6 is 0 Å². The first-order valence-corrected chi connectivity index (χ1v) is 5.77. The number of hydrogen-bond donors (Lipinski definition) is 1. The van der Waals surface area contributed by atoms with E-state index in [0.717, 1.165) is 33.9 Å². The molecule has 0 aliphatic carbocycles. The van der Waals surface area contributed by atoms with Crippen molar-refractivity contribution in [1.29, 1.82) is 0 Å². The number of nitrogens with one attached hydrogen (secondary N) is 1. The first kappa shape index (κ1) is 10.7. The number of nitrogens with zero attached hydrogens (tertiary/aromatic N) is 1. The van der Waals surface area contributed by atoms with Gasteiger partial charge in [-0.05, 0) is 30.2 Å². The Labute approximate surface area is 104 Å². The number of benzene rings is 1. The van der Waals surface area contributed by atoms with Crippen LogP contribution in [0.2, 0.25) is 0 Å². The molecule has 3 heteroatoms. The van der Waals surface area contributed by atoms with Gasteiger partial charge in [0.05, 0.1) is 0 Å². The lowest BCUT2D eigenvalue weighted by Crippen LogP contribution is -1.87. The molecule has 0 spiro atoms. The normalized spacial score (nSPS) is 10.7. The molecule has 3 nitrogen and oxygen atoms in total. The van der Waals surface area contributed by atoms with Crippen LogP contribution < -0.4 is 0 Å². The van der Waals surface area contributed by atoms with Crippen molar-refractivity contribution < 1.29 is 4.79 Å². The van der Waals surface area contributed by atoms with Crippen LogP contribution in [-0.4, -0.2) is 16.3 Å². The Morgan fingerprint density at radius 2 is 2.17 bits per heavy atom. The third-order valence-electron chi connectivity index (χ3n) is 3.24. The molecule has 0 saturated carbocycles. The molecule has 0 aliphatic heterocycles. The summed E-state index contributed by atoms with van der Waals surface area (Å²) in [5.41, 5.74) is 4.97. The molecule has 2 heterocycles. The Kier molecular flexibility index (Phi) is 2.45. The van der Waals surface area contributed by atoms with Crippen LogP contribution in [0, 0.1) is 6.92 Å². The van der Waals surface area contributed by atoms with E-state index in [0.29, 0.717) is 5.56 Å². The van der Waals surface area contributed by atoms with Crippen molar-refractivity contribution in [3.05, 3.63) is 54.0 Å². The van der Waals surface area contributed by atoms with Crippen LogP contribution in [0.3, 0.4) is 0 Å². The van der Waals surface area contributed by atoms with Gasteiger partial charge in [-0.1, -0.05) is 12.1 Å². The van der Waals surface area contributed by atoms with Crippen LogP contribution in [0.5, 0.6) is 0 Å². The van der Waals surface area contributed by atoms with E-state index in [1.54, 1.807) is 12.4 Å². The minimum Gasteiger partial charge on any atom is -0.360 e. The van der Waals surface area contributed by atoms with Crippen molar-refractivity contribution in [1.82, 2.24) is 9.97 Å². The molecule has 0 unspecified atom stereocenters. The average Bonchev–Trinajstić information content (AvgIpc) is 2.84. The van der Waals surface area contributed by atoms with Crippen LogP contribution in [-0.2, 0) is 0 Å². The average molecular weight is 236 g/mol. The Bertz CT molecular complexity index is 714. The molecule has 3 aromatic rings. The number of pyridine rings is 1. The largest absolute Gasteiger partial charge is 0.360 e. The van der Waals surface area contributed by atoms with Crippen molar-refractivity contribution in [2.24, 2.45) is 0 Å². The number of carbonyl (C=O) groups excluding carboxylic acids is 1. The topological polar surface area (TPSA) is 45.8 Å². The van der Waals surface area contributed by atoms with Crippen LogP contribution in [0.15, 0.2) is 42.9 Å². The maximum Gasteiger partial charge on any atom is 0.152 e. The molecule has 0 saturated heterocycles. The lowest BCUT2D eigenvalue weighted by Gasteiger charge is -2.07. The zero-order valence-electron chi connectivity index (χ0n) is 9.97. The number of carbonyl (C=O) groups is 1. The lowest BCUT2D eigenvalue weighted by molar-refractivity contribution is 0.112. The molecule has 0 fully saturated rings. The number of aryl methyl sites for hydroxylation is 1. The Balaban J connectivity index is 2.32. The van der Waals surface area contributed by atoms with Gasteiger partial charge in [-0.3, -0.25) is 9.78 Å². The van der Waals surface area contributed by atoms with E-state index in [1.807, 2.05) is 31.3 Å². The smallest absolute Gasteiger partial charge is 0.152 e. The van der Waals surface area contributed by atoms with Gasteiger partial charge in [0.1, 0.15) is 0 Å². The molecule has 0 aliphatic rings. The zero-order valence-corrected chi connectivity index (χ0v) is 9.97. The summed E-state index contributed by atoms with van der Waals surface area (Å²) in [6, 6.07) is 7.99. The SMILES string of the molecule is Cc1c(-c2cccnc2)ccc2[nH]cc(C=O)c12. The molecule has 1 N–H and O–H groups in total. The summed E-state index contributed by atoms with van der Waals surface area (Å²) in [6.45, 7) is 2.03. The summed E-state index contributed by atoms with van der Waals surface area (Å²) < 4.78 is 0. The highest BCUT2D eigenvalue weighted by Crippen LogP contribution is 2.30. The van der Waals surface area contributed by atoms with Gasteiger partial charge in [0.25, 0.3) is 0 Å². The second kappa shape index (κ2) is 4.11. The third kappa shape index (κ3) is 1.52. The number of hydrogen-bond acceptors (Lipinski definition) is 2. The highest BCUT2D eigenvalue weighted by molar-refractivity contribution is 6.01. The maximum atomic E-state index is 11.0. The van der Waals surface area contributed by atoms with Gasteiger partial charge in [-0.15, -0.1) is 0 Å². The first-order valence-electron chi connectivity index (χ1n) is 5.77. The standard InChI is InChI=1S/C15H12N2O/c1-10-13(11-3-2-6-16-7-11)4-5-14-15(10)12(9-18)8-17-14/h2-9,17H,1H3. The fraction of sp³-hybridized carbons (Fsp3) is 0.0667. The molecule has 1 aromatic carbocycles. The summed E-state index contributed by atoms with van der Waals surface area (Å²) in [7, 11) is 0. The first-order chi connectivity index (χ1) is 8.81. The monoisotopic (exact) mass is 236 g/mol. The second-order valence-corrected chi connectivity index (χ2v) is 4.26. The number of aldehydes is 1. The number of aromatic nitrogens is 2. The molecule has 2 aromatic heterocycles. The molecular weight excluding hydrogens is 224 g/mol. The van der Waals surface area contributed by atoms with Crippen molar-refractivity contribution in [3.63, 3.8) is 0 Å². The van der Waals surface area contributed by atoms with Gasteiger partial charge in [-0.25, -0.2) is 0 Å². The Morgan fingerprint density at radius 3 is 2.89 bits per heavy atom. The Morgan fingerprint density at radius 1 is 1.28 bits per heavy atom. The molecule has 0 amide bonds. The van der Waals surface area contributed by atoms with Crippen molar-refractivity contribution in [2.75, 3.05) is 0 Å². The quantitative estimate of drug-likeness (QED) is 0.693. The number of fused-ring (bicyclic) bond motifs is 1. The van der Waals surface area contributed by atoms with E-state index in [-0.39, 0.29) is 0 Å². The molecule has 18 heavy (non-hydrogen) atoms. The summed E-state index contributed by atoms with van der Waals surface area (Å²) in [5.74, 6) is 0. The fourth-order valence-corrected chi connectivity index (χ4v) is 2.36. The van der Waals surface area contributed by atoms with Gasteiger partial charge in [0, 0.05) is 40.6 Å². The van der Waals surface area contributed by atoms with E-state index in [1.165, 1.54) is 0 Å². The summed E-state index contributed by atoms with van der Waals surface area (Å²) in [5, 5.41) is 0.992. The highest BCUT2D eigenvalue weighted by Gasteiger charge is 2.10. The van der Waals surface area contributed by atoms with Gasteiger partial charge in [0.2, 0.25) is 0 Å². The molecule has 0 bridgehead atoms. The summed E-state index contributed by atoms with van der Waals surface area (Å²) in [4.78, 5) is 18.3. The van der Waals surface area contributed by atoms with Crippen LogP contribution in [0.1, 0.15) is 15.9 Å². The van der Waals surface area contributed by atoms with Gasteiger partial charge in [-0.2, -0.15) is 0 Å². The predicted molar refractivity (Wildman–Crippen MR) is 71.7 cm³/mol. The number of aromatic amines is 1. The van der Waals surface area contributed by atoms with Crippen molar-refractivity contribution >= 4 is 17.2 Å². The molecule has 88 valence electrons. The molecular formula is C15H12N2O. The van der Waals surface area contributed by atoms with E-state index in [2.05, 4.69) is 16.0 Å². The van der Waals surface area contributed by atoms with Crippen molar-refractivity contribution in [3.8, 4) is 11.1 Å². The van der Waals surface area contributed by atoms with Crippen LogP contribution in [0.4, 0.5) is 0 Å². The molecule has 3 rings (SSSR count). The summed E-state index contributed by atoms with van der Waals surface area (Å²) >= 11 is 0. The van der Waals surface area contributed by atoms with Gasteiger partial charge in [0.15, 0.2) is 6.29 Å². The number of H-pyrrole nitrogens is 1. The van der Waals surface area contributed by atoms with E-state index < -0.39 is 0 Å². The highest BCUT2D eigenvalue weighted by atomic mass is 16.1. The van der Waals surface area contributed by atoms with Crippen molar-refractivity contribution in [2.45, 2.75) is 6.92 Å². The van der Waals surface area contributed by atoms with Crippen LogP contribution in [0.25, 0.3) is 22.0 Å². The van der Waals surface area contributed by atoms with E-state index in [4.69, 9.17) is 0 Å². The number of rotatable bonds is 2. The predicted octanol–water partition coefficient (Wildman–Crippen LogP) is 3.35.